The third-order valence-electron chi connectivity index (χ3n) is 3.62. The van der Waals surface area contributed by atoms with Crippen LogP contribution in [0.15, 0.2) is 18.2 Å². The maximum atomic E-state index is 11.3. The number of nitro benzene ring substituents is 1. The summed E-state index contributed by atoms with van der Waals surface area (Å²) in [7, 11) is 0. The first-order chi connectivity index (χ1) is 9.59. The van der Waals surface area contributed by atoms with E-state index in [-0.39, 0.29) is 11.3 Å². The topological polar surface area (TPSA) is 83.7 Å². The van der Waals surface area contributed by atoms with Crippen molar-refractivity contribution in [3.63, 3.8) is 0 Å². The van der Waals surface area contributed by atoms with Gasteiger partial charge in [-0.15, -0.1) is 0 Å². The van der Waals surface area contributed by atoms with Crippen LogP contribution >= 0.6 is 0 Å². The molecule has 0 amide bonds. The third kappa shape index (κ3) is 3.26. The Bertz CT molecular complexity index is 508. The van der Waals surface area contributed by atoms with Crippen LogP contribution in [0.3, 0.4) is 0 Å². The van der Waals surface area contributed by atoms with Crippen LogP contribution in [0.4, 0.5) is 11.4 Å². The Kier molecular flexibility index (Phi) is 4.55. The number of hydrogen-bond acceptors (Lipinski definition) is 4. The highest BCUT2D eigenvalue weighted by Crippen LogP contribution is 2.28. The van der Waals surface area contributed by atoms with Gasteiger partial charge in [-0.1, -0.05) is 19.3 Å². The number of carboxylic acid groups (broad SMARTS) is 1. The summed E-state index contributed by atoms with van der Waals surface area (Å²) in [5.41, 5.74) is 0.539. The summed E-state index contributed by atoms with van der Waals surface area (Å²) >= 11 is 0. The first-order valence-electron chi connectivity index (χ1n) is 6.86. The number of anilines is 1. The smallest absolute Gasteiger partial charge is 0.337 e. The average molecular weight is 278 g/mol. The van der Waals surface area contributed by atoms with E-state index >= 15 is 0 Å². The minimum absolute atomic E-state index is 0.0629. The number of aromatic carboxylic acids is 1. The van der Waals surface area contributed by atoms with Gasteiger partial charge in [0.05, 0.1) is 16.2 Å². The molecule has 108 valence electrons. The van der Waals surface area contributed by atoms with Crippen molar-refractivity contribution in [1.29, 1.82) is 0 Å². The van der Waals surface area contributed by atoms with Crippen LogP contribution < -0.4 is 4.90 Å². The first-order valence-corrected chi connectivity index (χ1v) is 6.86. The van der Waals surface area contributed by atoms with E-state index in [9.17, 15) is 20.0 Å². The zero-order valence-electron chi connectivity index (χ0n) is 11.2. The van der Waals surface area contributed by atoms with Gasteiger partial charge in [-0.05, 0) is 18.9 Å². The van der Waals surface area contributed by atoms with Crippen molar-refractivity contribution in [3.8, 4) is 0 Å². The number of non-ortho nitro benzene ring substituents is 1. The van der Waals surface area contributed by atoms with Gasteiger partial charge >= 0.3 is 5.97 Å². The summed E-state index contributed by atoms with van der Waals surface area (Å²) in [6, 6.07) is 3.95. The molecule has 0 bridgehead atoms. The highest BCUT2D eigenvalue weighted by atomic mass is 16.6. The summed E-state index contributed by atoms with van der Waals surface area (Å²) in [6.07, 6.45) is 5.42. The zero-order valence-corrected chi connectivity index (χ0v) is 11.2. The molecular weight excluding hydrogens is 260 g/mol. The van der Waals surface area contributed by atoms with E-state index < -0.39 is 10.9 Å². The maximum absolute atomic E-state index is 11.3. The highest BCUT2D eigenvalue weighted by Gasteiger charge is 2.20. The van der Waals surface area contributed by atoms with Crippen molar-refractivity contribution >= 4 is 17.3 Å². The minimum Gasteiger partial charge on any atom is -0.478 e. The van der Waals surface area contributed by atoms with Crippen LogP contribution in [0.5, 0.6) is 0 Å². The van der Waals surface area contributed by atoms with Crippen molar-refractivity contribution in [1.82, 2.24) is 0 Å². The summed E-state index contributed by atoms with van der Waals surface area (Å²) in [6.45, 7) is 1.50. The maximum Gasteiger partial charge on any atom is 0.337 e. The molecule has 0 aliphatic carbocycles. The molecule has 1 saturated heterocycles. The SMILES string of the molecule is O=C(O)c1ccc([N+](=O)[O-])cc1N1CCCCCCC1. The van der Waals surface area contributed by atoms with Gasteiger partial charge in [0.2, 0.25) is 0 Å². The standard InChI is InChI=1S/C14H18N2O4/c17-14(18)12-7-6-11(16(19)20)10-13(12)15-8-4-2-1-3-5-9-15/h6-7,10H,1-5,8-9H2,(H,17,18). The largest absolute Gasteiger partial charge is 0.478 e. The van der Waals surface area contributed by atoms with Crippen LogP contribution in [-0.4, -0.2) is 29.1 Å². The quantitative estimate of drug-likeness (QED) is 0.678. The molecule has 1 fully saturated rings. The summed E-state index contributed by atoms with van der Waals surface area (Å²) in [5.74, 6) is -1.04. The zero-order chi connectivity index (χ0) is 14.5. The van der Waals surface area contributed by atoms with Crippen molar-refractivity contribution in [3.05, 3.63) is 33.9 Å². The first kappa shape index (κ1) is 14.3. The molecule has 0 saturated carbocycles. The van der Waals surface area contributed by atoms with E-state index in [1.807, 2.05) is 4.90 Å². The summed E-state index contributed by atoms with van der Waals surface area (Å²) < 4.78 is 0. The van der Waals surface area contributed by atoms with Crippen molar-refractivity contribution in [2.24, 2.45) is 0 Å². The molecule has 0 aromatic heterocycles. The lowest BCUT2D eigenvalue weighted by Gasteiger charge is -2.27. The monoisotopic (exact) mass is 278 g/mol. The molecule has 0 atom stereocenters. The molecule has 1 aliphatic heterocycles. The van der Waals surface area contributed by atoms with Crippen LogP contribution in [0.25, 0.3) is 0 Å². The molecule has 0 unspecified atom stereocenters. The van der Waals surface area contributed by atoms with Gasteiger partial charge < -0.3 is 10.0 Å². The minimum atomic E-state index is -1.04. The van der Waals surface area contributed by atoms with Crippen LogP contribution in [0.2, 0.25) is 0 Å². The Morgan fingerprint density at radius 2 is 1.75 bits per heavy atom. The lowest BCUT2D eigenvalue weighted by atomic mass is 10.1. The number of nitrogens with zero attached hydrogens (tertiary/aromatic N) is 2. The molecule has 0 radical (unpaired) electrons. The second-order valence-corrected chi connectivity index (χ2v) is 5.02. The molecular formula is C14H18N2O4. The predicted molar refractivity (Wildman–Crippen MR) is 75.4 cm³/mol. The van der Waals surface area contributed by atoms with Gasteiger partial charge in [0.25, 0.3) is 5.69 Å². The molecule has 2 rings (SSSR count). The lowest BCUT2D eigenvalue weighted by molar-refractivity contribution is -0.384. The van der Waals surface area contributed by atoms with Gasteiger partial charge in [-0.25, -0.2) is 4.79 Å². The number of carbonyl (C=O) groups is 1. The molecule has 1 aliphatic rings. The normalized spacial score (nSPS) is 16.3. The summed E-state index contributed by atoms with van der Waals surface area (Å²) in [5, 5.41) is 20.1. The van der Waals surface area contributed by atoms with Crippen LogP contribution in [0.1, 0.15) is 42.5 Å². The number of benzene rings is 1. The van der Waals surface area contributed by atoms with E-state index in [1.165, 1.54) is 24.6 Å². The lowest BCUT2D eigenvalue weighted by Crippen LogP contribution is -2.28. The molecule has 1 aromatic rings. The van der Waals surface area contributed by atoms with Crippen LogP contribution in [-0.2, 0) is 0 Å². The number of hydrogen-bond donors (Lipinski definition) is 1. The molecule has 1 N–H and O–H groups in total. The van der Waals surface area contributed by atoms with Gasteiger partial charge in [-0.2, -0.15) is 0 Å². The average Bonchev–Trinajstić information content (AvgIpc) is 2.37. The predicted octanol–water partition coefficient (Wildman–Crippen LogP) is 3.06. The Balaban J connectivity index is 2.36. The highest BCUT2D eigenvalue weighted by molar-refractivity contribution is 5.95. The number of nitro groups is 1. The van der Waals surface area contributed by atoms with E-state index in [2.05, 4.69) is 0 Å². The van der Waals surface area contributed by atoms with E-state index in [4.69, 9.17) is 0 Å². The second kappa shape index (κ2) is 6.36. The third-order valence-corrected chi connectivity index (χ3v) is 3.62. The number of rotatable bonds is 3. The van der Waals surface area contributed by atoms with Crippen molar-refractivity contribution in [2.45, 2.75) is 32.1 Å². The Morgan fingerprint density at radius 1 is 1.15 bits per heavy atom. The fourth-order valence-corrected chi connectivity index (χ4v) is 2.56. The van der Waals surface area contributed by atoms with Gasteiger partial charge in [0.15, 0.2) is 0 Å². The van der Waals surface area contributed by atoms with E-state index in [0.29, 0.717) is 5.69 Å². The second-order valence-electron chi connectivity index (χ2n) is 5.02. The van der Waals surface area contributed by atoms with Crippen molar-refractivity contribution < 1.29 is 14.8 Å². The molecule has 6 heteroatoms. The van der Waals surface area contributed by atoms with Gasteiger partial charge in [0.1, 0.15) is 0 Å². The Labute approximate surface area is 117 Å². The summed E-state index contributed by atoms with van der Waals surface area (Å²) in [4.78, 5) is 23.7. The molecule has 6 nitrogen and oxygen atoms in total. The van der Waals surface area contributed by atoms with Crippen LogP contribution in [0, 0.1) is 10.1 Å². The van der Waals surface area contributed by atoms with Gasteiger partial charge in [-0.3, -0.25) is 10.1 Å². The molecule has 0 spiro atoms. The van der Waals surface area contributed by atoms with Gasteiger partial charge in [0, 0.05) is 25.2 Å². The van der Waals surface area contributed by atoms with E-state index in [0.717, 1.165) is 38.8 Å². The molecule has 1 heterocycles. The fraction of sp³-hybridized carbons (Fsp3) is 0.500. The Hall–Kier alpha value is -2.11. The Morgan fingerprint density at radius 3 is 2.30 bits per heavy atom. The molecule has 20 heavy (non-hydrogen) atoms. The van der Waals surface area contributed by atoms with Crippen molar-refractivity contribution in [2.75, 3.05) is 18.0 Å². The molecule has 1 aromatic carbocycles. The van der Waals surface area contributed by atoms with E-state index in [1.54, 1.807) is 0 Å². The fourth-order valence-electron chi connectivity index (χ4n) is 2.56. The number of carboxylic acids is 1.